The highest BCUT2D eigenvalue weighted by Crippen LogP contribution is 2.30. The van der Waals surface area contributed by atoms with E-state index in [1.54, 1.807) is 11.8 Å². The molecule has 0 saturated carbocycles. The zero-order chi connectivity index (χ0) is 15.9. The maximum Gasteiger partial charge on any atom is 0.220 e. The monoisotopic (exact) mass is 329 g/mol. The number of carbonyl (C=O) groups excluding carboxylic acids is 1. The Bertz CT molecular complexity index is 513. The maximum absolute atomic E-state index is 13.3. The van der Waals surface area contributed by atoms with Crippen LogP contribution in [-0.4, -0.2) is 30.6 Å². The number of ether oxygens (including phenoxy) is 1. The smallest absolute Gasteiger partial charge is 0.220 e. The van der Waals surface area contributed by atoms with Crippen molar-refractivity contribution in [2.24, 2.45) is 0 Å². The Balaban J connectivity index is 1.90. The van der Waals surface area contributed by atoms with E-state index in [9.17, 15) is 13.6 Å². The van der Waals surface area contributed by atoms with Crippen LogP contribution in [-0.2, 0) is 9.53 Å². The molecule has 1 aromatic carbocycles. The minimum atomic E-state index is -0.893. The number of carbonyl (C=O) groups is 1. The van der Waals surface area contributed by atoms with E-state index in [1.807, 2.05) is 6.26 Å². The summed E-state index contributed by atoms with van der Waals surface area (Å²) in [6, 6.07) is 3.56. The SMILES string of the molecule is CSCCCCC(=O)N[C@@H]1CCO[C@H]1c1ccc(F)c(F)c1. The van der Waals surface area contributed by atoms with E-state index in [1.165, 1.54) is 6.07 Å². The van der Waals surface area contributed by atoms with Crippen molar-refractivity contribution >= 4 is 17.7 Å². The van der Waals surface area contributed by atoms with Gasteiger partial charge in [0.05, 0.1) is 6.04 Å². The lowest BCUT2D eigenvalue weighted by molar-refractivity contribution is -0.122. The predicted molar refractivity (Wildman–Crippen MR) is 83.8 cm³/mol. The van der Waals surface area contributed by atoms with Crippen LogP contribution in [0.5, 0.6) is 0 Å². The molecule has 6 heteroatoms. The second-order valence-electron chi connectivity index (χ2n) is 5.38. The molecule has 1 N–H and O–H groups in total. The largest absolute Gasteiger partial charge is 0.371 e. The molecule has 3 nitrogen and oxygen atoms in total. The van der Waals surface area contributed by atoms with Crippen LogP contribution in [0.25, 0.3) is 0 Å². The number of amides is 1. The topological polar surface area (TPSA) is 38.3 Å². The number of rotatable bonds is 7. The summed E-state index contributed by atoms with van der Waals surface area (Å²) in [6.45, 7) is 0.501. The Hall–Kier alpha value is -1.14. The van der Waals surface area contributed by atoms with Gasteiger partial charge in [-0.2, -0.15) is 11.8 Å². The lowest BCUT2D eigenvalue weighted by Gasteiger charge is -2.20. The summed E-state index contributed by atoms with van der Waals surface area (Å²) in [4.78, 5) is 12.0. The van der Waals surface area contributed by atoms with Gasteiger partial charge >= 0.3 is 0 Å². The minimum absolute atomic E-state index is 0.0100. The number of unbranched alkanes of at least 4 members (excludes halogenated alkanes) is 1. The molecule has 1 heterocycles. The standard InChI is InChI=1S/C16H21F2NO2S/c1-22-9-3-2-4-15(20)19-14-7-8-21-16(14)11-5-6-12(17)13(18)10-11/h5-6,10,14,16H,2-4,7-9H2,1H3,(H,19,20)/t14-,16+/m1/s1. The molecule has 1 saturated heterocycles. The van der Waals surface area contributed by atoms with Crippen LogP contribution in [0.4, 0.5) is 8.78 Å². The molecule has 0 bridgehead atoms. The van der Waals surface area contributed by atoms with Crippen molar-refractivity contribution < 1.29 is 18.3 Å². The van der Waals surface area contributed by atoms with Gasteiger partial charge in [0.15, 0.2) is 11.6 Å². The second-order valence-corrected chi connectivity index (χ2v) is 6.36. The second kappa shape index (κ2) is 8.48. The van der Waals surface area contributed by atoms with Crippen LogP contribution in [0, 0.1) is 11.6 Å². The van der Waals surface area contributed by atoms with Crippen LogP contribution in [0.15, 0.2) is 18.2 Å². The fourth-order valence-corrected chi connectivity index (χ4v) is 3.06. The van der Waals surface area contributed by atoms with Gasteiger partial charge in [0, 0.05) is 13.0 Å². The summed E-state index contributed by atoms with van der Waals surface area (Å²) in [6.07, 6.45) is 4.67. The van der Waals surface area contributed by atoms with Crippen molar-refractivity contribution in [3.8, 4) is 0 Å². The summed E-state index contributed by atoms with van der Waals surface area (Å²) < 4.78 is 31.9. The molecule has 1 fully saturated rings. The van der Waals surface area contributed by atoms with Gasteiger partial charge in [-0.05, 0) is 49.0 Å². The fourth-order valence-electron chi connectivity index (χ4n) is 2.57. The van der Waals surface area contributed by atoms with Crippen LogP contribution < -0.4 is 5.32 Å². The Labute approximate surface area is 133 Å². The van der Waals surface area contributed by atoms with E-state index in [0.29, 0.717) is 25.0 Å². The zero-order valence-corrected chi connectivity index (χ0v) is 13.4. The molecule has 0 unspecified atom stereocenters. The van der Waals surface area contributed by atoms with Gasteiger partial charge in [-0.3, -0.25) is 4.79 Å². The van der Waals surface area contributed by atoms with Gasteiger partial charge in [0.1, 0.15) is 6.10 Å². The quantitative estimate of drug-likeness (QED) is 0.779. The van der Waals surface area contributed by atoms with Crippen LogP contribution in [0.3, 0.4) is 0 Å². The van der Waals surface area contributed by atoms with E-state index in [0.717, 1.165) is 30.7 Å². The number of thioether (sulfide) groups is 1. The summed E-state index contributed by atoms with van der Waals surface area (Å²) in [5.74, 6) is -0.729. The number of nitrogens with one attached hydrogen (secondary N) is 1. The van der Waals surface area contributed by atoms with Crippen molar-refractivity contribution in [2.45, 2.75) is 37.8 Å². The molecule has 2 rings (SSSR count). The highest BCUT2D eigenvalue weighted by molar-refractivity contribution is 7.98. The van der Waals surface area contributed by atoms with E-state index in [2.05, 4.69) is 5.32 Å². The molecule has 122 valence electrons. The Morgan fingerprint density at radius 2 is 2.18 bits per heavy atom. The molecule has 22 heavy (non-hydrogen) atoms. The summed E-state index contributed by atoms with van der Waals surface area (Å²) in [5.41, 5.74) is 0.559. The average Bonchev–Trinajstić information content (AvgIpc) is 2.94. The van der Waals surface area contributed by atoms with Gasteiger partial charge in [-0.1, -0.05) is 6.07 Å². The predicted octanol–water partition coefficient (Wildman–Crippen LogP) is 3.44. The first-order valence-electron chi connectivity index (χ1n) is 7.46. The van der Waals surface area contributed by atoms with Crippen LogP contribution >= 0.6 is 11.8 Å². The Morgan fingerprint density at radius 3 is 2.91 bits per heavy atom. The molecule has 1 aromatic rings. The van der Waals surface area contributed by atoms with E-state index in [-0.39, 0.29) is 11.9 Å². The molecule has 1 aliphatic heterocycles. The first-order chi connectivity index (χ1) is 10.6. The third-order valence-electron chi connectivity index (χ3n) is 3.71. The normalized spacial score (nSPS) is 21.0. The van der Waals surface area contributed by atoms with Crippen molar-refractivity contribution in [3.05, 3.63) is 35.4 Å². The molecule has 0 aromatic heterocycles. The van der Waals surface area contributed by atoms with Gasteiger partial charge in [0.25, 0.3) is 0 Å². The van der Waals surface area contributed by atoms with Crippen molar-refractivity contribution in [2.75, 3.05) is 18.6 Å². The highest BCUT2D eigenvalue weighted by Gasteiger charge is 2.31. The molecule has 0 aliphatic carbocycles. The first-order valence-corrected chi connectivity index (χ1v) is 8.86. The first kappa shape index (κ1) is 17.2. The average molecular weight is 329 g/mol. The number of halogens is 2. The number of benzene rings is 1. The van der Waals surface area contributed by atoms with Gasteiger partial charge < -0.3 is 10.1 Å². The fraction of sp³-hybridized carbons (Fsp3) is 0.562. The summed E-state index contributed by atoms with van der Waals surface area (Å²) in [5, 5.41) is 2.95. The molecule has 2 atom stereocenters. The van der Waals surface area contributed by atoms with E-state index < -0.39 is 17.7 Å². The summed E-state index contributed by atoms with van der Waals surface area (Å²) in [7, 11) is 0. The van der Waals surface area contributed by atoms with Gasteiger partial charge in [0.2, 0.25) is 5.91 Å². The lowest BCUT2D eigenvalue weighted by atomic mass is 10.0. The van der Waals surface area contributed by atoms with E-state index in [4.69, 9.17) is 4.74 Å². The van der Waals surface area contributed by atoms with Crippen LogP contribution in [0.2, 0.25) is 0 Å². The van der Waals surface area contributed by atoms with Crippen molar-refractivity contribution in [3.63, 3.8) is 0 Å². The third-order valence-corrected chi connectivity index (χ3v) is 4.41. The van der Waals surface area contributed by atoms with Crippen molar-refractivity contribution in [1.82, 2.24) is 5.32 Å². The highest BCUT2D eigenvalue weighted by atomic mass is 32.2. The van der Waals surface area contributed by atoms with E-state index >= 15 is 0 Å². The van der Waals surface area contributed by atoms with Gasteiger partial charge in [-0.25, -0.2) is 8.78 Å². The molecular formula is C16H21F2NO2S. The van der Waals surface area contributed by atoms with Crippen LogP contribution in [0.1, 0.15) is 37.4 Å². The molecule has 1 amide bonds. The molecule has 0 radical (unpaired) electrons. The Kier molecular flexibility index (Phi) is 6.64. The number of hydrogen-bond donors (Lipinski definition) is 1. The summed E-state index contributed by atoms with van der Waals surface area (Å²) >= 11 is 1.77. The lowest BCUT2D eigenvalue weighted by Crippen LogP contribution is -2.36. The third kappa shape index (κ3) is 4.68. The maximum atomic E-state index is 13.3. The number of hydrogen-bond acceptors (Lipinski definition) is 3. The van der Waals surface area contributed by atoms with Gasteiger partial charge in [-0.15, -0.1) is 0 Å². The Morgan fingerprint density at radius 1 is 1.36 bits per heavy atom. The molecular weight excluding hydrogens is 308 g/mol. The molecule has 1 aliphatic rings. The van der Waals surface area contributed by atoms with Crippen molar-refractivity contribution in [1.29, 1.82) is 0 Å². The zero-order valence-electron chi connectivity index (χ0n) is 12.6. The minimum Gasteiger partial charge on any atom is -0.371 e. The molecule has 0 spiro atoms.